The fourth-order valence-corrected chi connectivity index (χ4v) is 15.6. The van der Waals surface area contributed by atoms with Gasteiger partial charge in [-0.1, -0.05) is 31.2 Å². The molecule has 10 N–H and O–H groups in total. The van der Waals surface area contributed by atoms with Crippen molar-refractivity contribution in [2.24, 2.45) is 29.6 Å². The number of urea groups is 1. The van der Waals surface area contributed by atoms with Crippen LogP contribution in [-0.4, -0.2) is 171 Å². The van der Waals surface area contributed by atoms with Gasteiger partial charge in [-0.25, -0.2) is 19.7 Å². The highest BCUT2D eigenvalue weighted by molar-refractivity contribution is 5.93. The molecule has 0 radical (unpaired) electrons. The third-order valence-corrected chi connectivity index (χ3v) is 20.5. The average molecular weight is 1280 g/mol. The van der Waals surface area contributed by atoms with Crippen LogP contribution in [0.25, 0.3) is 11.1 Å². The molecular weight excluding hydrogens is 1180 g/mol. The summed E-state index contributed by atoms with van der Waals surface area (Å²) in [6.45, 7) is 8.59. The lowest BCUT2D eigenvalue weighted by Crippen LogP contribution is -2.63. The molecule has 1 aromatic carbocycles. The summed E-state index contributed by atoms with van der Waals surface area (Å²) >= 11 is 0. The van der Waals surface area contributed by atoms with Crippen molar-refractivity contribution in [3.05, 3.63) is 87.9 Å². The zero-order valence-corrected chi connectivity index (χ0v) is 54.0. The van der Waals surface area contributed by atoms with Crippen molar-refractivity contribution in [2.75, 3.05) is 93.3 Å². The Morgan fingerprint density at radius 3 is 1.98 bits per heavy atom. The van der Waals surface area contributed by atoms with Crippen LogP contribution in [0.15, 0.2) is 48.5 Å². The summed E-state index contributed by atoms with van der Waals surface area (Å²) in [4.78, 5) is 111. The van der Waals surface area contributed by atoms with Crippen LogP contribution in [0, 0.1) is 29.6 Å². The highest BCUT2D eigenvalue weighted by atomic mass is 16.4. The Labute approximate surface area is 545 Å². The van der Waals surface area contributed by atoms with Gasteiger partial charge in [-0.15, -0.1) is 0 Å². The van der Waals surface area contributed by atoms with Crippen LogP contribution >= 0.6 is 0 Å². The number of amides is 5. The predicted molar refractivity (Wildman–Crippen MR) is 354 cm³/mol. The number of likely N-dealkylation sites (tertiary alicyclic amines) is 3. The molecule has 6 aliphatic heterocycles. The molecule has 23 nitrogen and oxygen atoms in total. The SMILES string of the molecule is CC1CN(C(=O)NCCCc2cc(-c3cc(CCCCC(=O)NC4CN(C(CCC(=O)Nc5ccccc5C(C(=O)O)N5CCC(C(=O)NCCCc6ccc7c(n6)NCCC7)CC5)C(=O)O)C4)nc4c3CCCN4)c3c(n2)NCCC3)CC2CCC(CC(=O)O)C1C2. The molecule has 23 heteroatoms. The van der Waals surface area contributed by atoms with Crippen LogP contribution in [0.2, 0.25) is 0 Å². The summed E-state index contributed by atoms with van der Waals surface area (Å²) in [7, 11) is 0. The number of para-hydroxylation sites is 1. The van der Waals surface area contributed by atoms with E-state index in [0.29, 0.717) is 114 Å². The smallest absolute Gasteiger partial charge is 0.325 e. The number of unbranched alkanes of at least 4 members (excludes halogenated alkanes) is 1. The normalized spacial score (nSPS) is 21.3. The summed E-state index contributed by atoms with van der Waals surface area (Å²) in [5.74, 6) is 0.222. The number of anilines is 4. The summed E-state index contributed by atoms with van der Waals surface area (Å²) in [6, 6.07) is 13.1. The Balaban J connectivity index is 0.611. The fourth-order valence-electron chi connectivity index (χ4n) is 15.6. The standard InChI is InChI=1S/C70H95N13O10/c1-43-39-83(40-44-20-21-47(36-62(86)87)55(43)35-44)70(93)75-32-8-14-50-38-57(53-17-10-30-73-66(53)79-50)56-37-49(78-65-52(56)16-9-29-72-65)12-2-5-19-60(84)76-51-41-82(42-51)59(68(89)90)24-25-61(85)80-58-18-4-3-15-54(58)63(69(91)92)81-33-26-46(27-34-81)67(88)74-31-7-13-48-23-22-45-11-6-28-71-64(45)77-48/h3-4,15,18,22-23,37-38,43-44,46-47,51,55,59,63H,2,5-14,16-17,19-21,24-36,39-42H2,1H3,(H,71,77)(H,72,78)(H,73,79)(H,74,88)(H,75,93)(H,76,84)(H,80,85)(H,86,87)(H,89,90)(H,91,92). The molecule has 11 rings (SSSR count). The van der Waals surface area contributed by atoms with Crippen LogP contribution in [0.3, 0.4) is 0 Å². The number of carbonyl (C=O) groups is 7. The van der Waals surface area contributed by atoms with E-state index >= 15 is 0 Å². The van der Waals surface area contributed by atoms with E-state index in [1.807, 2.05) is 9.80 Å². The molecule has 0 spiro atoms. The van der Waals surface area contributed by atoms with Gasteiger partial charge >= 0.3 is 23.9 Å². The predicted octanol–water partition coefficient (Wildman–Crippen LogP) is 7.69. The van der Waals surface area contributed by atoms with E-state index < -0.39 is 35.9 Å². The number of pyridine rings is 3. The van der Waals surface area contributed by atoms with Crippen molar-refractivity contribution in [1.82, 2.24) is 45.6 Å². The van der Waals surface area contributed by atoms with Gasteiger partial charge in [0, 0.05) is 137 Å². The van der Waals surface area contributed by atoms with Crippen molar-refractivity contribution >= 4 is 64.8 Å². The van der Waals surface area contributed by atoms with Crippen LogP contribution < -0.4 is 37.2 Å². The van der Waals surface area contributed by atoms with Crippen LogP contribution in [0.1, 0.15) is 155 Å². The molecule has 2 bridgehead atoms. The number of aromatic nitrogens is 3. The quantitative estimate of drug-likeness (QED) is 0.0256. The largest absolute Gasteiger partial charge is 0.481 e. The number of benzene rings is 1. The lowest BCUT2D eigenvalue weighted by atomic mass is 9.69. The van der Waals surface area contributed by atoms with Crippen LogP contribution in [-0.2, 0) is 67.3 Å². The summed E-state index contributed by atoms with van der Waals surface area (Å²) in [6.07, 6.45) is 15.2. The second-order valence-electron chi connectivity index (χ2n) is 27.2. The molecule has 4 fully saturated rings. The van der Waals surface area contributed by atoms with E-state index in [0.717, 1.165) is 138 Å². The first-order valence-electron chi connectivity index (χ1n) is 34.5. The Morgan fingerprint density at radius 2 is 1.29 bits per heavy atom. The zero-order chi connectivity index (χ0) is 65.0. The molecule has 1 aliphatic carbocycles. The number of hydrogen-bond donors (Lipinski definition) is 10. The molecule has 6 unspecified atom stereocenters. The van der Waals surface area contributed by atoms with Gasteiger partial charge in [0.25, 0.3) is 0 Å². The first-order valence-corrected chi connectivity index (χ1v) is 34.5. The number of nitrogens with zero attached hydrogens (tertiary/aromatic N) is 6. The minimum atomic E-state index is -1.08. The van der Waals surface area contributed by atoms with Crippen LogP contribution in [0.5, 0.6) is 0 Å². The number of rotatable bonds is 27. The highest BCUT2D eigenvalue weighted by Crippen LogP contribution is 2.44. The van der Waals surface area contributed by atoms with E-state index in [-0.39, 0.29) is 60.9 Å². The number of carbonyl (C=O) groups excluding carboxylic acids is 4. The molecule has 1 saturated carbocycles. The summed E-state index contributed by atoms with van der Waals surface area (Å²) in [5, 5.41) is 53.1. The van der Waals surface area contributed by atoms with E-state index in [1.54, 1.807) is 29.2 Å². The van der Waals surface area contributed by atoms with Crippen molar-refractivity contribution < 1.29 is 48.9 Å². The van der Waals surface area contributed by atoms with Crippen molar-refractivity contribution in [3.8, 4) is 11.1 Å². The van der Waals surface area contributed by atoms with Crippen molar-refractivity contribution in [3.63, 3.8) is 0 Å². The molecule has 7 aliphatic rings. The number of piperidine rings is 1. The maximum atomic E-state index is 13.6. The second kappa shape index (κ2) is 31.3. The van der Waals surface area contributed by atoms with Gasteiger partial charge in [-0.3, -0.25) is 38.6 Å². The molecule has 6 atom stereocenters. The minimum Gasteiger partial charge on any atom is -0.481 e. The van der Waals surface area contributed by atoms with Gasteiger partial charge in [0.05, 0.1) is 6.04 Å². The third-order valence-electron chi connectivity index (χ3n) is 20.5. The number of fused-ring (bicyclic) bond motifs is 5. The maximum Gasteiger partial charge on any atom is 0.325 e. The Kier molecular flexibility index (Phi) is 22.4. The van der Waals surface area contributed by atoms with Gasteiger partial charge in [0.2, 0.25) is 17.7 Å². The van der Waals surface area contributed by atoms with Gasteiger partial charge in [-0.05, 0) is 187 Å². The molecule has 3 aromatic heterocycles. The second-order valence-corrected chi connectivity index (χ2v) is 27.2. The number of carboxylic acids is 3. The fraction of sp³-hybridized carbons (Fsp3) is 0.600. The monoisotopic (exact) mass is 1280 g/mol. The van der Waals surface area contributed by atoms with Gasteiger partial charge in [0.15, 0.2) is 0 Å². The molecule has 9 heterocycles. The first-order chi connectivity index (χ1) is 45.1. The van der Waals surface area contributed by atoms with Crippen molar-refractivity contribution in [2.45, 2.75) is 166 Å². The summed E-state index contributed by atoms with van der Waals surface area (Å²) in [5.41, 5.74) is 9.63. The molecule has 500 valence electrons. The summed E-state index contributed by atoms with van der Waals surface area (Å²) < 4.78 is 0. The Morgan fingerprint density at radius 1 is 0.645 bits per heavy atom. The van der Waals surface area contributed by atoms with Gasteiger partial charge < -0.3 is 57.4 Å². The lowest BCUT2D eigenvalue weighted by molar-refractivity contribution is -0.147. The van der Waals surface area contributed by atoms with E-state index in [4.69, 9.17) is 15.0 Å². The Hall–Kier alpha value is -7.92. The highest BCUT2D eigenvalue weighted by Gasteiger charge is 2.41. The topological polar surface area (TPSA) is 313 Å². The number of aliphatic carboxylic acids is 3. The molecule has 4 aromatic rings. The molecular formula is C70H95N13O10. The molecule has 93 heavy (non-hydrogen) atoms. The Bertz CT molecular complexity index is 3350. The number of nitrogens with one attached hydrogen (secondary N) is 7. The van der Waals surface area contributed by atoms with E-state index in [9.17, 15) is 48.9 Å². The zero-order valence-electron chi connectivity index (χ0n) is 54.0. The lowest BCUT2D eigenvalue weighted by Gasteiger charge is -2.42. The van der Waals surface area contributed by atoms with Gasteiger partial charge in [0.1, 0.15) is 29.5 Å². The maximum absolute atomic E-state index is 13.6. The van der Waals surface area contributed by atoms with E-state index in [1.165, 1.54) is 27.8 Å². The molecule has 5 amide bonds. The van der Waals surface area contributed by atoms with Gasteiger partial charge in [-0.2, -0.15) is 0 Å². The number of carboxylic acid groups (broad SMARTS) is 3. The average Bonchev–Trinajstić information content (AvgIpc) is 1.24. The van der Waals surface area contributed by atoms with Crippen LogP contribution in [0.4, 0.5) is 27.9 Å². The van der Waals surface area contributed by atoms with Crippen molar-refractivity contribution in [1.29, 1.82) is 0 Å². The number of hydrogen-bond acceptors (Lipinski definition) is 15. The first kappa shape index (κ1) is 66.5. The third kappa shape index (κ3) is 17.1. The minimum absolute atomic E-state index is 0.0167. The number of aryl methyl sites for hydroxylation is 4. The molecule has 3 saturated heterocycles. The van der Waals surface area contributed by atoms with E-state index in [2.05, 4.69) is 68.4 Å².